The zero-order valence-corrected chi connectivity index (χ0v) is 8.04. The molecule has 1 unspecified atom stereocenters. The van der Waals surface area contributed by atoms with Gasteiger partial charge in [0.15, 0.2) is 17.6 Å². The van der Waals surface area contributed by atoms with Crippen molar-refractivity contribution in [2.45, 2.75) is 6.04 Å². The molecule has 0 saturated carbocycles. The molecule has 74 valence electrons. The van der Waals surface area contributed by atoms with Gasteiger partial charge in [-0.3, -0.25) is 9.59 Å². The van der Waals surface area contributed by atoms with E-state index >= 15 is 0 Å². The van der Waals surface area contributed by atoms with Crippen LogP contribution in [0.25, 0.3) is 0 Å². The van der Waals surface area contributed by atoms with Gasteiger partial charge in [-0.2, -0.15) is 10.2 Å². The number of hydrogen-bond donors (Lipinski definition) is 0. The minimum Gasteiger partial charge on any atom is -0.383 e. The molecule has 0 aromatic rings. The maximum atomic E-state index is 11.4. The van der Waals surface area contributed by atoms with Gasteiger partial charge in [0, 0.05) is 26.4 Å². The Morgan fingerprint density at radius 3 is 2.86 bits per heavy atom. The van der Waals surface area contributed by atoms with Crippen molar-refractivity contribution in [2.75, 3.05) is 14.1 Å². The minimum absolute atomic E-state index is 0.326. The monoisotopic (exact) mass is 193 g/mol. The normalized spacial score (nSPS) is 20.4. The maximum absolute atomic E-state index is 11.4. The molecule has 0 N–H and O–H groups in total. The van der Waals surface area contributed by atoms with Gasteiger partial charge in [-0.05, 0) is 6.08 Å². The molecule has 0 bridgehead atoms. The van der Waals surface area contributed by atoms with Crippen LogP contribution in [0.4, 0.5) is 0 Å². The molecule has 5 nitrogen and oxygen atoms in total. The Kier molecular flexibility index (Phi) is 3.28. The van der Waals surface area contributed by atoms with E-state index in [0.717, 1.165) is 0 Å². The molecule has 1 aliphatic heterocycles. The van der Waals surface area contributed by atoms with Crippen molar-refractivity contribution in [1.29, 1.82) is 0 Å². The third kappa shape index (κ3) is 2.62. The second kappa shape index (κ2) is 4.45. The van der Waals surface area contributed by atoms with Crippen molar-refractivity contribution < 1.29 is 9.59 Å². The largest absolute Gasteiger partial charge is 0.383 e. The summed E-state index contributed by atoms with van der Waals surface area (Å²) in [6.07, 6.45) is 5.42. The van der Waals surface area contributed by atoms with Crippen molar-refractivity contribution in [3.8, 4) is 0 Å². The first-order valence-corrected chi connectivity index (χ1v) is 4.10. The molecule has 0 aromatic heterocycles. The van der Waals surface area contributed by atoms with Gasteiger partial charge in [0.2, 0.25) is 0 Å². The molecule has 0 saturated heterocycles. The highest BCUT2D eigenvalue weighted by atomic mass is 16.2. The number of nitrogens with zero attached hydrogens (tertiary/aromatic N) is 3. The van der Waals surface area contributed by atoms with Gasteiger partial charge in [-0.1, -0.05) is 0 Å². The van der Waals surface area contributed by atoms with Crippen molar-refractivity contribution in [3.63, 3.8) is 0 Å². The Morgan fingerprint density at radius 1 is 1.57 bits per heavy atom. The van der Waals surface area contributed by atoms with E-state index in [1.54, 1.807) is 25.2 Å². The molecule has 0 radical (unpaired) electrons. The first-order chi connectivity index (χ1) is 6.61. The van der Waals surface area contributed by atoms with E-state index in [-0.39, 0.29) is 11.6 Å². The first-order valence-electron chi connectivity index (χ1n) is 4.10. The van der Waals surface area contributed by atoms with Crippen LogP contribution in [-0.2, 0) is 9.59 Å². The van der Waals surface area contributed by atoms with E-state index in [2.05, 4.69) is 10.2 Å². The number of azo groups is 1. The molecule has 1 rings (SSSR count). The average molecular weight is 193 g/mol. The predicted molar refractivity (Wildman–Crippen MR) is 50.6 cm³/mol. The summed E-state index contributed by atoms with van der Waals surface area (Å²) in [6, 6.07) is -0.990. The lowest BCUT2D eigenvalue weighted by atomic mass is 10.1. The molecule has 0 aliphatic carbocycles. The highest BCUT2D eigenvalue weighted by Crippen LogP contribution is 2.05. The minimum atomic E-state index is -0.990. The molecule has 14 heavy (non-hydrogen) atoms. The molecular weight excluding hydrogens is 182 g/mol. The van der Waals surface area contributed by atoms with Crippen molar-refractivity contribution in [2.24, 2.45) is 10.2 Å². The van der Waals surface area contributed by atoms with Crippen LogP contribution in [0.3, 0.4) is 0 Å². The molecular formula is C9H11N3O2. The van der Waals surface area contributed by atoms with E-state index in [0.29, 0.717) is 0 Å². The van der Waals surface area contributed by atoms with Gasteiger partial charge in [0.25, 0.3) is 0 Å². The summed E-state index contributed by atoms with van der Waals surface area (Å²) in [5, 5.41) is 7.07. The van der Waals surface area contributed by atoms with Gasteiger partial charge < -0.3 is 4.90 Å². The van der Waals surface area contributed by atoms with Crippen molar-refractivity contribution in [3.05, 3.63) is 24.6 Å². The van der Waals surface area contributed by atoms with Crippen LogP contribution >= 0.6 is 0 Å². The van der Waals surface area contributed by atoms with Crippen LogP contribution in [0, 0.1) is 0 Å². The lowest BCUT2D eigenvalue weighted by molar-refractivity contribution is -0.124. The number of hydrogen-bond acceptors (Lipinski definition) is 5. The Balaban J connectivity index is 2.66. The fourth-order valence-electron chi connectivity index (χ4n) is 0.871. The molecule has 0 aromatic carbocycles. The van der Waals surface area contributed by atoms with Crippen LogP contribution in [0.2, 0.25) is 0 Å². The summed E-state index contributed by atoms with van der Waals surface area (Å²) in [6.45, 7) is 0. The summed E-state index contributed by atoms with van der Waals surface area (Å²) in [7, 11) is 3.57. The highest BCUT2D eigenvalue weighted by molar-refractivity contribution is 6.15. The zero-order chi connectivity index (χ0) is 10.6. The summed E-state index contributed by atoms with van der Waals surface area (Å²) in [5.41, 5.74) is 0. The molecule has 1 aliphatic rings. The van der Waals surface area contributed by atoms with Crippen LogP contribution in [0.15, 0.2) is 34.8 Å². The summed E-state index contributed by atoms with van der Waals surface area (Å²) >= 11 is 0. The van der Waals surface area contributed by atoms with Crippen LogP contribution < -0.4 is 0 Å². The molecule has 1 atom stereocenters. The number of carbonyl (C=O) groups is 2. The van der Waals surface area contributed by atoms with Crippen molar-refractivity contribution >= 4 is 11.6 Å². The summed E-state index contributed by atoms with van der Waals surface area (Å²) < 4.78 is 0. The van der Waals surface area contributed by atoms with Gasteiger partial charge in [0.05, 0.1) is 6.20 Å². The number of carbonyl (C=O) groups excluding carboxylic acids is 2. The predicted octanol–water partition coefficient (Wildman–Crippen LogP) is 0.548. The quantitative estimate of drug-likeness (QED) is 0.485. The van der Waals surface area contributed by atoms with Crippen LogP contribution in [0.5, 0.6) is 0 Å². The molecule has 1 heterocycles. The first kappa shape index (κ1) is 10.3. The molecule has 0 fully saturated rings. The van der Waals surface area contributed by atoms with E-state index in [9.17, 15) is 9.59 Å². The van der Waals surface area contributed by atoms with Crippen LogP contribution in [-0.4, -0.2) is 36.6 Å². The second-order valence-electron chi connectivity index (χ2n) is 3.03. The lowest BCUT2D eigenvalue weighted by Gasteiger charge is -2.07. The standard InChI is InChI=1S/C9H11N3O2/c1-12(2)6-4-8(14)9-7(13)3-5-10-11-9/h3-6,9H,1-2H3/b6-4+. The van der Waals surface area contributed by atoms with Gasteiger partial charge >= 0.3 is 0 Å². The molecule has 0 amide bonds. The van der Waals surface area contributed by atoms with E-state index in [1.807, 2.05) is 0 Å². The fourth-order valence-corrected chi connectivity index (χ4v) is 0.871. The van der Waals surface area contributed by atoms with E-state index < -0.39 is 6.04 Å². The Bertz CT molecular complexity index is 329. The Morgan fingerprint density at radius 2 is 2.29 bits per heavy atom. The molecule has 5 heteroatoms. The van der Waals surface area contributed by atoms with Crippen molar-refractivity contribution in [1.82, 2.24) is 4.90 Å². The summed E-state index contributed by atoms with van der Waals surface area (Å²) in [5.74, 6) is -0.676. The number of rotatable bonds is 3. The number of ketones is 2. The average Bonchev–Trinajstić information content (AvgIpc) is 2.15. The second-order valence-corrected chi connectivity index (χ2v) is 3.03. The highest BCUT2D eigenvalue weighted by Gasteiger charge is 2.23. The third-order valence-corrected chi connectivity index (χ3v) is 1.56. The van der Waals surface area contributed by atoms with Crippen LogP contribution in [0.1, 0.15) is 0 Å². The zero-order valence-electron chi connectivity index (χ0n) is 8.04. The van der Waals surface area contributed by atoms with Gasteiger partial charge in [-0.25, -0.2) is 0 Å². The fraction of sp³-hybridized carbons (Fsp3) is 0.333. The summed E-state index contributed by atoms with van der Waals surface area (Å²) in [4.78, 5) is 24.3. The third-order valence-electron chi connectivity index (χ3n) is 1.56. The lowest BCUT2D eigenvalue weighted by Crippen LogP contribution is -2.26. The smallest absolute Gasteiger partial charge is 0.195 e. The van der Waals surface area contributed by atoms with E-state index in [1.165, 1.54) is 18.4 Å². The van der Waals surface area contributed by atoms with E-state index in [4.69, 9.17) is 0 Å². The Hall–Kier alpha value is -1.78. The Labute approximate surface area is 81.8 Å². The maximum Gasteiger partial charge on any atom is 0.195 e. The SMILES string of the molecule is CN(C)/C=C/C(=O)C1N=NC=CC1=O. The topological polar surface area (TPSA) is 62.1 Å². The molecule has 0 spiro atoms. The van der Waals surface area contributed by atoms with Gasteiger partial charge in [0.1, 0.15) is 0 Å². The van der Waals surface area contributed by atoms with Gasteiger partial charge in [-0.15, -0.1) is 0 Å².